The highest BCUT2D eigenvalue weighted by Gasteiger charge is 2.48. The van der Waals surface area contributed by atoms with Crippen LogP contribution in [-0.4, -0.2) is 28.1 Å². The summed E-state index contributed by atoms with van der Waals surface area (Å²) in [6.07, 6.45) is 3.17. The van der Waals surface area contributed by atoms with Crippen molar-refractivity contribution < 1.29 is 13.2 Å². The molecule has 1 aliphatic heterocycles. The molecule has 30 heavy (non-hydrogen) atoms. The first-order chi connectivity index (χ1) is 14.2. The van der Waals surface area contributed by atoms with Gasteiger partial charge in [0.15, 0.2) is 9.84 Å². The van der Waals surface area contributed by atoms with Gasteiger partial charge in [-0.05, 0) is 56.5 Å². The van der Waals surface area contributed by atoms with Crippen LogP contribution in [0, 0.1) is 12.3 Å². The minimum Gasteiger partial charge on any atom is -0.491 e. The Morgan fingerprint density at radius 3 is 2.33 bits per heavy atom. The summed E-state index contributed by atoms with van der Waals surface area (Å²) in [7, 11) is -3.52. The van der Waals surface area contributed by atoms with Crippen LogP contribution in [0.5, 0.6) is 5.75 Å². The lowest BCUT2D eigenvalue weighted by Crippen LogP contribution is -2.35. The van der Waals surface area contributed by atoms with Crippen LogP contribution in [0.2, 0.25) is 0 Å². The quantitative estimate of drug-likeness (QED) is 0.648. The molecule has 5 heteroatoms. The summed E-state index contributed by atoms with van der Waals surface area (Å²) >= 11 is 0. The molecule has 1 aliphatic carbocycles. The summed E-state index contributed by atoms with van der Waals surface area (Å²) in [5.41, 5.74) is 3.03. The molecule has 0 bridgehead atoms. The van der Waals surface area contributed by atoms with Crippen molar-refractivity contribution >= 4 is 15.5 Å². The third kappa shape index (κ3) is 3.51. The van der Waals surface area contributed by atoms with E-state index in [0.717, 1.165) is 48.5 Å². The van der Waals surface area contributed by atoms with E-state index in [1.54, 1.807) is 12.1 Å². The Kier molecular flexibility index (Phi) is 5.38. The maximum absolute atomic E-state index is 13.9. The molecule has 1 heterocycles. The van der Waals surface area contributed by atoms with Gasteiger partial charge in [0.05, 0.1) is 17.2 Å². The van der Waals surface area contributed by atoms with Gasteiger partial charge in [0.1, 0.15) is 10.5 Å². The van der Waals surface area contributed by atoms with Gasteiger partial charge in [-0.3, -0.25) is 0 Å². The van der Waals surface area contributed by atoms with Crippen molar-refractivity contribution in [2.45, 2.75) is 63.0 Å². The summed E-state index contributed by atoms with van der Waals surface area (Å²) < 4.78 is 33.1. The fourth-order valence-electron chi connectivity index (χ4n) is 4.98. The van der Waals surface area contributed by atoms with Crippen LogP contribution in [0.1, 0.15) is 57.6 Å². The number of fused-ring (bicyclic) bond motifs is 1. The van der Waals surface area contributed by atoms with Crippen LogP contribution in [0.3, 0.4) is 0 Å². The number of aryl methyl sites for hydroxylation is 1. The lowest BCUT2D eigenvalue weighted by atomic mass is 9.94. The molecule has 1 saturated carbocycles. The predicted molar refractivity (Wildman–Crippen MR) is 122 cm³/mol. The topological polar surface area (TPSA) is 46.6 Å². The lowest BCUT2D eigenvalue weighted by Gasteiger charge is -2.31. The van der Waals surface area contributed by atoms with Gasteiger partial charge in [0.2, 0.25) is 0 Å². The third-order valence-corrected chi connectivity index (χ3v) is 9.27. The van der Waals surface area contributed by atoms with E-state index in [1.165, 1.54) is 0 Å². The lowest BCUT2D eigenvalue weighted by molar-refractivity contribution is 0.195. The largest absolute Gasteiger partial charge is 0.491 e. The van der Waals surface area contributed by atoms with Crippen molar-refractivity contribution in [2.24, 2.45) is 5.41 Å². The van der Waals surface area contributed by atoms with Gasteiger partial charge >= 0.3 is 0 Å². The fourth-order valence-corrected chi connectivity index (χ4v) is 7.19. The molecule has 162 valence electrons. The molecule has 2 aromatic carbocycles. The molecule has 4 nitrogen and oxygen atoms in total. The molecule has 4 rings (SSSR count). The number of hydrogen-bond acceptors (Lipinski definition) is 4. The summed E-state index contributed by atoms with van der Waals surface area (Å²) in [6, 6.07) is 13.4. The predicted octanol–water partition coefficient (Wildman–Crippen LogP) is 5.48. The zero-order chi connectivity index (χ0) is 21.6. The zero-order valence-electron chi connectivity index (χ0n) is 18.6. The van der Waals surface area contributed by atoms with Gasteiger partial charge in [-0.25, -0.2) is 8.42 Å². The van der Waals surface area contributed by atoms with E-state index in [0.29, 0.717) is 24.3 Å². The van der Waals surface area contributed by atoms with E-state index in [2.05, 4.69) is 31.7 Å². The second kappa shape index (κ2) is 7.60. The second-order valence-electron chi connectivity index (χ2n) is 9.67. The smallest absolute Gasteiger partial charge is 0.188 e. The van der Waals surface area contributed by atoms with Gasteiger partial charge in [0.25, 0.3) is 0 Å². The molecule has 2 aromatic rings. The van der Waals surface area contributed by atoms with Gasteiger partial charge in [-0.2, -0.15) is 0 Å². The fraction of sp³-hybridized carbons (Fsp3) is 0.520. The highest BCUT2D eigenvalue weighted by atomic mass is 32.2. The van der Waals surface area contributed by atoms with E-state index < -0.39 is 14.6 Å². The monoisotopic (exact) mass is 427 g/mol. The van der Waals surface area contributed by atoms with E-state index in [1.807, 2.05) is 31.2 Å². The molecular formula is C25H33NO3S. The van der Waals surface area contributed by atoms with Gasteiger partial charge in [-0.15, -0.1) is 0 Å². The Hall–Kier alpha value is -2.01. The molecule has 0 saturated heterocycles. The van der Waals surface area contributed by atoms with Crippen LogP contribution in [-0.2, 0) is 14.6 Å². The number of ether oxygens (including phenoxy) is 1. The summed E-state index contributed by atoms with van der Waals surface area (Å²) in [6.45, 7) is 11.0. The van der Waals surface area contributed by atoms with Crippen LogP contribution in [0.4, 0.5) is 5.69 Å². The van der Waals surface area contributed by atoms with E-state index in [4.69, 9.17) is 4.74 Å². The van der Waals surface area contributed by atoms with Crippen LogP contribution < -0.4 is 9.64 Å². The Bertz CT molecular complexity index is 1020. The van der Waals surface area contributed by atoms with Crippen molar-refractivity contribution in [3.05, 3.63) is 53.6 Å². The second-order valence-corrected chi connectivity index (χ2v) is 11.9. The molecule has 0 unspecified atom stereocenters. The molecule has 2 aliphatic rings. The average molecular weight is 428 g/mol. The SMILES string of the molecule is CCN1CC(C)(C)COc2cc(C3(S(=O)(=O)c4ccc(C)cc4)CCCC3)ccc21. The van der Waals surface area contributed by atoms with Gasteiger partial charge < -0.3 is 9.64 Å². The standard InChI is InChI=1S/C25H33NO3S/c1-5-26-17-24(3,4)18-29-23-16-20(10-13-22(23)26)25(14-6-7-15-25)30(27,28)21-11-8-19(2)9-12-21/h8-13,16H,5-7,14-15,17-18H2,1-4H3. The molecule has 0 spiro atoms. The van der Waals surface area contributed by atoms with Gasteiger partial charge in [0, 0.05) is 18.5 Å². The average Bonchev–Trinajstić information content (AvgIpc) is 3.18. The number of sulfone groups is 1. The first kappa shape index (κ1) is 21.2. The Morgan fingerprint density at radius 2 is 1.70 bits per heavy atom. The third-order valence-electron chi connectivity index (χ3n) is 6.70. The molecule has 0 N–H and O–H groups in total. The zero-order valence-corrected chi connectivity index (χ0v) is 19.4. The summed E-state index contributed by atoms with van der Waals surface area (Å²) in [5.74, 6) is 0.810. The number of hydrogen-bond donors (Lipinski definition) is 0. The summed E-state index contributed by atoms with van der Waals surface area (Å²) in [4.78, 5) is 2.75. The number of nitrogens with zero attached hydrogens (tertiary/aromatic N) is 1. The van der Waals surface area contributed by atoms with Crippen molar-refractivity contribution in [3.8, 4) is 5.75 Å². The van der Waals surface area contributed by atoms with Crippen molar-refractivity contribution in [1.82, 2.24) is 0 Å². The number of rotatable bonds is 4. The van der Waals surface area contributed by atoms with E-state index in [-0.39, 0.29) is 5.41 Å². The molecule has 0 aromatic heterocycles. The minimum absolute atomic E-state index is 0.0359. The van der Waals surface area contributed by atoms with E-state index in [9.17, 15) is 8.42 Å². The van der Waals surface area contributed by atoms with E-state index >= 15 is 0 Å². The minimum atomic E-state index is -3.52. The Labute approximate surface area is 181 Å². The Balaban J connectivity index is 1.81. The molecular weight excluding hydrogens is 394 g/mol. The maximum Gasteiger partial charge on any atom is 0.188 e. The van der Waals surface area contributed by atoms with Crippen LogP contribution in [0.25, 0.3) is 0 Å². The number of benzene rings is 2. The molecule has 1 fully saturated rings. The molecule has 0 atom stereocenters. The Morgan fingerprint density at radius 1 is 1.03 bits per heavy atom. The van der Waals surface area contributed by atoms with Crippen LogP contribution >= 0.6 is 0 Å². The number of anilines is 1. The first-order valence-electron chi connectivity index (χ1n) is 11.0. The van der Waals surface area contributed by atoms with Gasteiger partial charge in [-0.1, -0.05) is 50.5 Å². The molecule has 0 amide bonds. The summed E-state index contributed by atoms with van der Waals surface area (Å²) in [5, 5.41) is 0. The van der Waals surface area contributed by atoms with Crippen molar-refractivity contribution in [2.75, 3.05) is 24.6 Å². The molecule has 0 radical (unpaired) electrons. The highest BCUT2D eigenvalue weighted by Crippen LogP contribution is 2.50. The normalized spacial score (nSPS) is 20.3. The van der Waals surface area contributed by atoms with Crippen molar-refractivity contribution in [1.29, 1.82) is 0 Å². The van der Waals surface area contributed by atoms with Crippen LogP contribution in [0.15, 0.2) is 47.4 Å². The maximum atomic E-state index is 13.9. The first-order valence-corrected chi connectivity index (χ1v) is 12.5. The highest BCUT2D eigenvalue weighted by molar-refractivity contribution is 7.92. The van der Waals surface area contributed by atoms with Crippen molar-refractivity contribution in [3.63, 3.8) is 0 Å².